The lowest BCUT2D eigenvalue weighted by Gasteiger charge is -2.06. The lowest BCUT2D eigenvalue weighted by molar-refractivity contribution is -0.131. The quantitative estimate of drug-likeness (QED) is 0.354. The van der Waals surface area contributed by atoms with Gasteiger partial charge in [0.25, 0.3) is 5.91 Å². The average molecular weight is 149 g/mol. The zero-order chi connectivity index (χ0) is 7.98. The van der Waals surface area contributed by atoms with Crippen LogP contribution in [0.1, 0.15) is 0 Å². The van der Waals surface area contributed by atoms with Gasteiger partial charge in [0.05, 0.1) is 13.2 Å². The van der Waals surface area contributed by atoms with E-state index in [-0.39, 0.29) is 13.2 Å². The molecule has 0 radical (unpaired) electrons. The van der Waals surface area contributed by atoms with Gasteiger partial charge in [0.1, 0.15) is 0 Å². The molecule has 0 aliphatic rings. The first-order chi connectivity index (χ1) is 4.72. The average Bonchev–Trinajstić information content (AvgIpc) is 1.98. The molecule has 5 heteroatoms. The van der Waals surface area contributed by atoms with Crippen molar-refractivity contribution in [1.29, 1.82) is 0 Å². The Kier molecular flexibility index (Phi) is 4.82. The molecule has 0 aromatic carbocycles. The molecule has 0 aliphatic heterocycles. The van der Waals surface area contributed by atoms with Crippen molar-refractivity contribution in [2.75, 3.05) is 19.8 Å². The van der Waals surface area contributed by atoms with Crippen LogP contribution < -0.4 is 5.32 Å². The molecule has 0 aromatic heterocycles. The first-order valence-electron chi connectivity index (χ1n) is 2.90. The van der Waals surface area contributed by atoms with Gasteiger partial charge in [-0.2, -0.15) is 0 Å². The minimum absolute atomic E-state index is 0.0931. The molecule has 0 saturated carbocycles. The number of nitrogens with one attached hydrogen (secondary N) is 1. The highest BCUT2D eigenvalue weighted by molar-refractivity contribution is 5.80. The van der Waals surface area contributed by atoms with Gasteiger partial charge in [-0.25, -0.2) is 0 Å². The van der Waals surface area contributed by atoms with Crippen molar-refractivity contribution in [3.05, 3.63) is 0 Å². The van der Waals surface area contributed by atoms with E-state index in [0.29, 0.717) is 0 Å². The molecular weight excluding hydrogens is 138 g/mol. The van der Waals surface area contributed by atoms with E-state index >= 15 is 0 Å². The second kappa shape index (κ2) is 5.16. The van der Waals surface area contributed by atoms with Crippen molar-refractivity contribution in [1.82, 2.24) is 5.32 Å². The summed E-state index contributed by atoms with van der Waals surface area (Å²) in [7, 11) is 0. The Bertz CT molecular complexity index is 106. The first-order valence-corrected chi connectivity index (χ1v) is 2.90. The number of carbonyl (C=O) groups excluding carboxylic acids is 1. The zero-order valence-corrected chi connectivity index (χ0v) is 5.45. The molecule has 1 atom stereocenters. The molecule has 60 valence electrons. The molecule has 0 heterocycles. The Labute approximate surface area is 58.3 Å². The predicted octanol–water partition coefficient (Wildman–Crippen LogP) is -2.55. The highest BCUT2D eigenvalue weighted by Gasteiger charge is 2.11. The molecule has 0 aromatic rings. The number of carbonyl (C=O) groups is 1. The van der Waals surface area contributed by atoms with Gasteiger partial charge in [0, 0.05) is 6.54 Å². The predicted molar refractivity (Wildman–Crippen MR) is 33.2 cm³/mol. The van der Waals surface area contributed by atoms with Crippen LogP contribution in [0.5, 0.6) is 0 Å². The second-order valence-corrected chi connectivity index (χ2v) is 1.71. The molecule has 4 N–H and O–H groups in total. The summed E-state index contributed by atoms with van der Waals surface area (Å²) >= 11 is 0. The van der Waals surface area contributed by atoms with Crippen LogP contribution >= 0.6 is 0 Å². The number of aliphatic hydroxyl groups excluding tert-OH is 3. The van der Waals surface area contributed by atoms with Gasteiger partial charge in [-0.3, -0.25) is 4.79 Å². The normalized spacial score (nSPS) is 12.7. The van der Waals surface area contributed by atoms with Crippen molar-refractivity contribution in [2.24, 2.45) is 0 Å². The highest BCUT2D eigenvalue weighted by atomic mass is 16.3. The zero-order valence-electron chi connectivity index (χ0n) is 5.45. The molecule has 0 rings (SSSR count). The maximum absolute atomic E-state index is 10.5. The topological polar surface area (TPSA) is 89.8 Å². The number of hydrogen-bond acceptors (Lipinski definition) is 4. The Hall–Kier alpha value is -0.650. The maximum Gasteiger partial charge on any atom is 0.251 e. The SMILES string of the molecule is O=C(NCCO)C(O)CO. The fourth-order valence-electron chi connectivity index (χ4n) is 0.380. The van der Waals surface area contributed by atoms with Crippen LogP contribution in [0, 0.1) is 0 Å². The minimum atomic E-state index is -1.38. The van der Waals surface area contributed by atoms with Gasteiger partial charge in [0.2, 0.25) is 0 Å². The summed E-state index contributed by atoms with van der Waals surface area (Å²) in [6.07, 6.45) is -1.38. The first kappa shape index (κ1) is 9.35. The summed E-state index contributed by atoms with van der Waals surface area (Å²) < 4.78 is 0. The van der Waals surface area contributed by atoms with E-state index in [1.807, 2.05) is 0 Å². The van der Waals surface area contributed by atoms with E-state index in [4.69, 9.17) is 15.3 Å². The molecule has 1 amide bonds. The third-order valence-corrected chi connectivity index (χ3v) is 0.887. The van der Waals surface area contributed by atoms with Crippen LogP contribution in [0.4, 0.5) is 0 Å². The van der Waals surface area contributed by atoms with Gasteiger partial charge in [-0.05, 0) is 0 Å². The van der Waals surface area contributed by atoms with Crippen molar-refractivity contribution in [2.45, 2.75) is 6.10 Å². The van der Waals surface area contributed by atoms with Crippen molar-refractivity contribution < 1.29 is 20.1 Å². The van der Waals surface area contributed by atoms with E-state index in [0.717, 1.165) is 0 Å². The molecule has 0 aliphatic carbocycles. The Balaban J connectivity index is 3.42. The highest BCUT2D eigenvalue weighted by Crippen LogP contribution is 1.78. The Morgan fingerprint density at radius 3 is 2.50 bits per heavy atom. The molecule has 10 heavy (non-hydrogen) atoms. The van der Waals surface area contributed by atoms with Crippen LogP contribution in [-0.4, -0.2) is 47.1 Å². The van der Waals surface area contributed by atoms with Crippen LogP contribution in [0.3, 0.4) is 0 Å². The van der Waals surface area contributed by atoms with E-state index in [1.165, 1.54) is 0 Å². The van der Waals surface area contributed by atoms with Gasteiger partial charge in [0.15, 0.2) is 6.10 Å². The molecule has 0 bridgehead atoms. The lowest BCUT2D eigenvalue weighted by Crippen LogP contribution is -2.38. The molecular formula is C5H11NO4. The molecule has 5 nitrogen and oxygen atoms in total. The number of aliphatic hydroxyl groups is 3. The Morgan fingerprint density at radius 1 is 1.50 bits per heavy atom. The largest absolute Gasteiger partial charge is 0.395 e. The maximum atomic E-state index is 10.5. The van der Waals surface area contributed by atoms with Crippen molar-refractivity contribution in [3.8, 4) is 0 Å². The smallest absolute Gasteiger partial charge is 0.251 e. The third kappa shape index (κ3) is 3.39. The summed E-state index contributed by atoms with van der Waals surface area (Å²) in [4.78, 5) is 10.5. The van der Waals surface area contributed by atoms with E-state index in [1.54, 1.807) is 0 Å². The Morgan fingerprint density at radius 2 is 2.10 bits per heavy atom. The molecule has 0 fully saturated rings. The van der Waals surface area contributed by atoms with Gasteiger partial charge >= 0.3 is 0 Å². The summed E-state index contributed by atoms with van der Waals surface area (Å²) in [5, 5.41) is 27.2. The number of rotatable bonds is 4. The number of hydrogen-bond donors (Lipinski definition) is 4. The summed E-state index contributed by atoms with van der Waals surface area (Å²) in [6.45, 7) is -0.683. The van der Waals surface area contributed by atoms with Crippen LogP contribution in [0.15, 0.2) is 0 Å². The van der Waals surface area contributed by atoms with Crippen LogP contribution in [-0.2, 0) is 4.79 Å². The minimum Gasteiger partial charge on any atom is -0.395 e. The summed E-state index contributed by atoms with van der Waals surface area (Å²) in [5.41, 5.74) is 0. The molecule has 0 spiro atoms. The summed E-state index contributed by atoms with van der Waals surface area (Å²) in [6, 6.07) is 0. The van der Waals surface area contributed by atoms with Crippen LogP contribution in [0.25, 0.3) is 0 Å². The van der Waals surface area contributed by atoms with E-state index in [9.17, 15) is 4.79 Å². The summed E-state index contributed by atoms with van der Waals surface area (Å²) in [5.74, 6) is -0.670. The molecule has 1 unspecified atom stereocenters. The van der Waals surface area contributed by atoms with Crippen LogP contribution in [0.2, 0.25) is 0 Å². The van der Waals surface area contributed by atoms with Gasteiger partial charge < -0.3 is 20.6 Å². The standard InChI is InChI=1S/C5H11NO4/c7-2-1-6-5(10)4(9)3-8/h4,7-9H,1-3H2,(H,6,10). The number of amides is 1. The fraction of sp³-hybridized carbons (Fsp3) is 0.800. The van der Waals surface area contributed by atoms with Gasteiger partial charge in [-0.15, -0.1) is 0 Å². The second-order valence-electron chi connectivity index (χ2n) is 1.71. The van der Waals surface area contributed by atoms with E-state index in [2.05, 4.69) is 5.32 Å². The van der Waals surface area contributed by atoms with Crippen molar-refractivity contribution >= 4 is 5.91 Å². The molecule has 0 saturated heterocycles. The fourth-order valence-corrected chi connectivity index (χ4v) is 0.380. The van der Waals surface area contributed by atoms with Gasteiger partial charge in [-0.1, -0.05) is 0 Å². The monoisotopic (exact) mass is 149 g/mol. The van der Waals surface area contributed by atoms with Crippen molar-refractivity contribution in [3.63, 3.8) is 0 Å². The third-order valence-electron chi connectivity index (χ3n) is 0.887. The lowest BCUT2D eigenvalue weighted by atomic mass is 10.3. The van der Waals surface area contributed by atoms with E-state index < -0.39 is 18.6 Å².